The summed E-state index contributed by atoms with van der Waals surface area (Å²) >= 11 is 0. The van der Waals surface area contributed by atoms with Crippen LogP contribution in [0.3, 0.4) is 0 Å². The summed E-state index contributed by atoms with van der Waals surface area (Å²) in [4.78, 5) is 6.88. The molecule has 1 unspecified atom stereocenters. The summed E-state index contributed by atoms with van der Waals surface area (Å²) in [7, 11) is 0. The van der Waals surface area contributed by atoms with E-state index in [0.29, 0.717) is 5.76 Å². The van der Waals surface area contributed by atoms with Crippen molar-refractivity contribution in [3.63, 3.8) is 0 Å². The number of piperidine rings is 1. The quantitative estimate of drug-likeness (QED) is 0.430. The smallest absolute Gasteiger partial charge is 0.198 e. The molecule has 1 aliphatic rings. The summed E-state index contributed by atoms with van der Waals surface area (Å²) in [5, 5.41) is 13.6. The molecule has 2 heterocycles. The molecule has 1 atom stereocenters. The zero-order chi connectivity index (χ0) is 15.9. The van der Waals surface area contributed by atoms with Crippen LogP contribution in [-0.4, -0.2) is 35.6 Å². The van der Waals surface area contributed by atoms with Crippen LogP contribution in [-0.2, 0) is 0 Å². The molecule has 5 nitrogen and oxygen atoms in total. The number of para-hydroxylation sites is 1. The Labute approximate surface area is 159 Å². The Balaban J connectivity index is 0.00000208. The molecule has 1 aromatic heterocycles. The molecule has 2 N–H and O–H groups in total. The number of benzene rings is 1. The van der Waals surface area contributed by atoms with Crippen LogP contribution < -0.4 is 5.32 Å². The van der Waals surface area contributed by atoms with E-state index < -0.39 is 6.10 Å². The van der Waals surface area contributed by atoms with Gasteiger partial charge in [0.25, 0.3) is 0 Å². The van der Waals surface area contributed by atoms with E-state index in [9.17, 15) is 5.11 Å². The van der Waals surface area contributed by atoms with Crippen molar-refractivity contribution in [3.8, 4) is 0 Å². The number of furan rings is 1. The summed E-state index contributed by atoms with van der Waals surface area (Å²) in [6.45, 7) is 2.27. The van der Waals surface area contributed by atoms with Crippen molar-refractivity contribution in [2.75, 3.05) is 25.0 Å². The highest BCUT2D eigenvalue weighted by atomic mass is 127. The molecule has 0 spiro atoms. The van der Waals surface area contributed by atoms with Gasteiger partial charge < -0.3 is 19.7 Å². The molecule has 1 aromatic carbocycles. The first kappa shape index (κ1) is 18.8. The van der Waals surface area contributed by atoms with E-state index >= 15 is 0 Å². The van der Waals surface area contributed by atoms with Gasteiger partial charge in [-0.3, -0.25) is 0 Å². The number of aliphatic hydroxyl groups is 1. The number of nitrogens with zero attached hydrogens (tertiary/aromatic N) is 2. The van der Waals surface area contributed by atoms with E-state index in [1.807, 2.05) is 30.3 Å². The van der Waals surface area contributed by atoms with Gasteiger partial charge in [0.2, 0.25) is 0 Å². The molecule has 1 saturated heterocycles. The second-order valence-corrected chi connectivity index (χ2v) is 5.73. The minimum Gasteiger partial charge on any atom is -0.467 e. The Morgan fingerprint density at radius 2 is 1.88 bits per heavy atom. The minimum atomic E-state index is -0.720. The Bertz CT molecular complexity index is 610. The number of rotatable bonds is 4. The predicted octanol–water partition coefficient (Wildman–Crippen LogP) is 3.89. The molecule has 1 fully saturated rings. The average Bonchev–Trinajstić information content (AvgIpc) is 3.15. The van der Waals surface area contributed by atoms with Crippen molar-refractivity contribution < 1.29 is 9.52 Å². The average molecular weight is 441 g/mol. The molecule has 130 valence electrons. The van der Waals surface area contributed by atoms with Crippen molar-refractivity contribution >= 4 is 35.6 Å². The van der Waals surface area contributed by atoms with Crippen molar-refractivity contribution in [3.05, 3.63) is 54.5 Å². The fraction of sp³-hybridized carbons (Fsp3) is 0.389. The van der Waals surface area contributed by atoms with E-state index in [4.69, 9.17) is 4.42 Å². The Morgan fingerprint density at radius 1 is 1.12 bits per heavy atom. The molecule has 24 heavy (non-hydrogen) atoms. The number of halogens is 1. The van der Waals surface area contributed by atoms with Crippen LogP contribution in [0, 0.1) is 0 Å². The molecule has 2 aromatic rings. The summed E-state index contributed by atoms with van der Waals surface area (Å²) in [5.41, 5.74) is 1.00. The zero-order valence-electron chi connectivity index (χ0n) is 13.6. The standard InChI is InChI=1S/C18H23N3O2.HI/c22-16(17-10-7-13-23-17)14-19-18(21-11-5-2-6-12-21)20-15-8-3-1-4-9-15;/h1,3-4,7-10,13,16,22H,2,5-6,11-12,14H2,(H,19,20);1H. The second kappa shape index (κ2) is 9.68. The van der Waals surface area contributed by atoms with Crippen LogP contribution in [0.1, 0.15) is 31.1 Å². The van der Waals surface area contributed by atoms with Crippen LogP contribution in [0.5, 0.6) is 0 Å². The van der Waals surface area contributed by atoms with Crippen molar-refractivity contribution in [1.29, 1.82) is 0 Å². The van der Waals surface area contributed by atoms with Crippen LogP contribution in [0.4, 0.5) is 5.69 Å². The molecule has 6 heteroatoms. The lowest BCUT2D eigenvalue weighted by molar-refractivity contribution is 0.158. The van der Waals surface area contributed by atoms with Gasteiger partial charge in [0.1, 0.15) is 11.9 Å². The maximum atomic E-state index is 10.2. The van der Waals surface area contributed by atoms with Gasteiger partial charge in [-0.05, 0) is 43.5 Å². The van der Waals surface area contributed by atoms with E-state index in [1.54, 1.807) is 18.4 Å². The van der Waals surface area contributed by atoms with E-state index in [2.05, 4.69) is 15.2 Å². The van der Waals surface area contributed by atoms with Gasteiger partial charge in [0.05, 0.1) is 12.8 Å². The third-order valence-corrected chi connectivity index (χ3v) is 3.97. The minimum absolute atomic E-state index is 0. The van der Waals surface area contributed by atoms with Gasteiger partial charge in [-0.2, -0.15) is 0 Å². The van der Waals surface area contributed by atoms with Crippen molar-refractivity contribution in [1.82, 2.24) is 4.90 Å². The van der Waals surface area contributed by atoms with E-state index in [0.717, 1.165) is 24.7 Å². The number of hydrogen-bond acceptors (Lipinski definition) is 3. The molecule has 1 aliphatic heterocycles. The molecule has 0 amide bonds. The molecular formula is C18H24IN3O2. The van der Waals surface area contributed by atoms with Crippen LogP contribution in [0.15, 0.2) is 58.1 Å². The van der Waals surface area contributed by atoms with Crippen molar-refractivity contribution in [2.24, 2.45) is 4.99 Å². The van der Waals surface area contributed by atoms with E-state index in [1.165, 1.54) is 19.3 Å². The first-order valence-corrected chi connectivity index (χ1v) is 8.16. The lowest BCUT2D eigenvalue weighted by Gasteiger charge is -2.30. The van der Waals surface area contributed by atoms with Gasteiger partial charge in [-0.1, -0.05) is 18.2 Å². The van der Waals surface area contributed by atoms with Gasteiger partial charge >= 0.3 is 0 Å². The third kappa shape index (κ3) is 5.24. The fourth-order valence-corrected chi connectivity index (χ4v) is 2.72. The highest BCUT2D eigenvalue weighted by molar-refractivity contribution is 14.0. The molecule has 0 radical (unpaired) electrons. The second-order valence-electron chi connectivity index (χ2n) is 5.73. The van der Waals surface area contributed by atoms with Crippen molar-refractivity contribution in [2.45, 2.75) is 25.4 Å². The maximum absolute atomic E-state index is 10.2. The van der Waals surface area contributed by atoms with Crippen LogP contribution in [0.25, 0.3) is 0 Å². The largest absolute Gasteiger partial charge is 0.467 e. The summed E-state index contributed by atoms with van der Waals surface area (Å²) in [6.07, 6.45) is 4.47. The number of likely N-dealkylation sites (tertiary alicyclic amines) is 1. The first-order valence-electron chi connectivity index (χ1n) is 8.16. The topological polar surface area (TPSA) is 61.0 Å². The number of aliphatic hydroxyl groups excluding tert-OH is 1. The lowest BCUT2D eigenvalue weighted by Crippen LogP contribution is -2.40. The predicted molar refractivity (Wildman–Crippen MR) is 107 cm³/mol. The normalized spacial score (nSPS) is 16.4. The van der Waals surface area contributed by atoms with Crippen LogP contribution in [0.2, 0.25) is 0 Å². The molecule has 0 saturated carbocycles. The summed E-state index contributed by atoms with van der Waals surface area (Å²) < 4.78 is 5.24. The number of aliphatic imine (C=N–C) groups is 1. The molecule has 3 rings (SSSR count). The number of guanidine groups is 1. The highest BCUT2D eigenvalue weighted by Crippen LogP contribution is 2.16. The first-order chi connectivity index (χ1) is 11.3. The molecular weight excluding hydrogens is 417 g/mol. The van der Waals surface area contributed by atoms with Gasteiger partial charge in [-0.25, -0.2) is 4.99 Å². The lowest BCUT2D eigenvalue weighted by atomic mass is 10.1. The number of nitrogens with one attached hydrogen (secondary N) is 1. The fourth-order valence-electron chi connectivity index (χ4n) is 2.72. The van der Waals surface area contributed by atoms with Gasteiger partial charge in [-0.15, -0.1) is 24.0 Å². The zero-order valence-corrected chi connectivity index (χ0v) is 15.9. The van der Waals surface area contributed by atoms with E-state index in [-0.39, 0.29) is 30.5 Å². The molecule has 0 bridgehead atoms. The molecule has 0 aliphatic carbocycles. The highest BCUT2D eigenvalue weighted by Gasteiger charge is 2.16. The Hall–Kier alpha value is -1.54. The monoisotopic (exact) mass is 441 g/mol. The number of anilines is 1. The maximum Gasteiger partial charge on any atom is 0.198 e. The Kier molecular flexibility index (Phi) is 7.58. The SMILES string of the molecule is I.OC(CN=C(Nc1ccccc1)N1CCCCC1)c1ccco1. The summed E-state index contributed by atoms with van der Waals surface area (Å²) in [5.74, 6) is 1.37. The van der Waals surface area contributed by atoms with Gasteiger partial charge in [0, 0.05) is 18.8 Å². The summed E-state index contributed by atoms with van der Waals surface area (Å²) in [6, 6.07) is 13.6. The Morgan fingerprint density at radius 3 is 2.54 bits per heavy atom. The van der Waals surface area contributed by atoms with Gasteiger partial charge in [0.15, 0.2) is 5.96 Å². The van der Waals surface area contributed by atoms with Crippen LogP contribution >= 0.6 is 24.0 Å². The number of hydrogen-bond donors (Lipinski definition) is 2. The third-order valence-electron chi connectivity index (χ3n) is 3.97.